The lowest BCUT2D eigenvalue weighted by Gasteiger charge is -2.21. The molecule has 0 amide bonds. The van der Waals surface area contributed by atoms with E-state index in [2.05, 4.69) is 15.3 Å². The molecule has 0 saturated carbocycles. The first-order valence-electron chi connectivity index (χ1n) is 8.30. The smallest absolute Gasteiger partial charge is 0.349 e. The molecular formula is C18H19N7O2. The summed E-state index contributed by atoms with van der Waals surface area (Å²) in [4.78, 5) is 20.9. The average Bonchev–Trinajstić information content (AvgIpc) is 2.64. The van der Waals surface area contributed by atoms with Gasteiger partial charge in [-0.2, -0.15) is 10.5 Å². The Morgan fingerprint density at radius 3 is 2.44 bits per heavy atom. The Hall–Kier alpha value is -3.72. The predicted octanol–water partition coefficient (Wildman–Crippen LogP) is 3.38. The molecular weight excluding hydrogens is 346 g/mol. The van der Waals surface area contributed by atoms with Crippen molar-refractivity contribution in [1.29, 1.82) is 10.5 Å². The third-order valence-corrected chi connectivity index (χ3v) is 3.92. The largest absolute Gasteiger partial charge is 0.353 e. The highest BCUT2D eigenvalue weighted by atomic mass is 16.6. The minimum atomic E-state index is -0.547. The van der Waals surface area contributed by atoms with Crippen molar-refractivity contribution in [2.45, 2.75) is 26.7 Å². The molecule has 9 heteroatoms. The van der Waals surface area contributed by atoms with E-state index in [1.165, 1.54) is 6.33 Å². The van der Waals surface area contributed by atoms with Crippen LogP contribution in [0.5, 0.6) is 0 Å². The number of nitro groups is 1. The standard InChI is InChI=1S/C18H19N7O2/c1-13-5-6-14(2)15(11-13)23-17-16(25(26)27)18(22-12-21-17)24(9-3-7-19)10-4-8-20/h5-6,11-12H,3-4,9-10H2,1-2H3,(H,21,22,23). The number of hydrogen-bond acceptors (Lipinski definition) is 8. The third kappa shape index (κ3) is 4.89. The Bertz CT molecular complexity index is 897. The molecule has 0 bridgehead atoms. The third-order valence-electron chi connectivity index (χ3n) is 3.92. The van der Waals surface area contributed by atoms with E-state index in [0.29, 0.717) is 5.69 Å². The van der Waals surface area contributed by atoms with Gasteiger partial charge in [0.1, 0.15) is 6.33 Å². The molecule has 2 aromatic rings. The Labute approximate surface area is 157 Å². The van der Waals surface area contributed by atoms with Gasteiger partial charge < -0.3 is 10.2 Å². The van der Waals surface area contributed by atoms with Gasteiger partial charge in [-0.25, -0.2) is 9.97 Å². The van der Waals surface area contributed by atoms with Gasteiger partial charge in [-0.1, -0.05) is 12.1 Å². The lowest BCUT2D eigenvalue weighted by Crippen LogP contribution is -2.27. The number of nitrogens with zero attached hydrogens (tertiary/aromatic N) is 6. The summed E-state index contributed by atoms with van der Waals surface area (Å²) >= 11 is 0. The van der Waals surface area contributed by atoms with Crippen LogP contribution < -0.4 is 10.2 Å². The van der Waals surface area contributed by atoms with Gasteiger partial charge in [0.25, 0.3) is 0 Å². The molecule has 0 aliphatic heterocycles. The molecule has 0 aliphatic rings. The number of anilines is 3. The minimum Gasteiger partial charge on any atom is -0.349 e. The molecule has 138 valence electrons. The van der Waals surface area contributed by atoms with Crippen LogP contribution in [0.4, 0.5) is 23.0 Å². The van der Waals surface area contributed by atoms with Crippen LogP contribution in [0.25, 0.3) is 0 Å². The van der Waals surface area contributed by atoms with Crippen LogP contribution >= 0.6 is 0 Å². The van der Waals surface area contributed by atoms with Gasteiger partial charge in [0.15, 0.2) is 0 Å². The lowest BCUT2D eigenvalue weighted by molar-refractivity contribution is -0.383. The van der Waals surface area contributed by atoms with Gasteiger partial charge in [-0.3, -0.25) is 10.1 Å². The number of nitrogens with one attached hydrogen (secondary N) is 1. The van der Waals surface area contributed by atoms with Crippen molar-refractivity contribution in [3.05, 3.63) is 45.8 Å². The Balaban J connectivity index is 2.49. The predicted molar refractivity (Wildman–Crippen MR) is 101 cm³/mol. The molecule has 0 atom stereocenters. The maximum atomic E-state index is 11.8. The van der Waals surface area contributed by atoms with Crippen LogP contribution in [0.3, 0.4) is 0 Å². The fraction of sp³-hybridized carbons (Fsp3) is 0.333. The summed E-state index contributed by atoms with van der Waals surface area (Å²) < 4.78 is 0. The van der Waals surface area contributed by atoms with E-state index in [4.69, 9.17) is 10.5 Å². The van der Waals surface area contributed by atoms with Crippen LogP contribution in [0.15, 0.2) is 24.5 Å². The molecule has 1 N–H and O–H groups in total. The van der Waals surface area contributed by atoms with Crippen molar-refractivity contribution in [2.24, 2.45) is 0 Å². The van der Waals surface area contributed by atoms with Crippen LogP contribution in [-0.4, -0.2) is 28.0 Å². The summed E-state index contributed by atoms with van der Waals surface area (Å²) in [5.74, 6) is 0.158. The highest BCUT2D eigenvalue weighted by molar-refractivity contribution is 5.75. The molecule has 2 rings (SSSR count). The molecule has 0 radical (unpaired) electrons. The number of aromatic nitrogens is 2. The van der Waals surface area contributed by atoms with Crippen molar-refractivity contribution in [3.63, 3.8) is 0 Å². The van der Waals surface area contributed by atoms with Gasteiger partial charge in [0, 0.05) is 18.8 Å². The first kappa shape index (κ1) is 19.6. The SMILES string of the molecule is Cc1ccc(C)c(Nc2ncnc(N(CCC#N)CCC#N)c2[N+](=O)[O-])c1. The molecule has 9 nitrogen and oxygen atoms in total. The normalized spacial score (nSPS) is 9.93. The highest BCUT2D eigenvalue weighted by Gasteiger charge is 2.27. The first-order valence-corrected chi connectivity index (χ1v) is 8.30. The van der Waals surface area contributed by atoms with Gasteiger partial charge in [-0.05, 0) is 31.0 Å². The van der Waals surface area contributed by atoms with Gasteiger partial charge in [-0.15, -0.1) is 0 Å². The number of aryl methyl sites for hydroxylation is 2. The highest BCUT2D eigenvalue weighted by Crippen LogP contribution is 2.34. The van der Waals surface area contributed by atoms with Crippen molar-refractivity contribution in [2.75, 3.05) is 23.3 Å². The molecule has 0 fully saturated rings. The zero-order valence-corrected chi connectivity index (χ0v) is 15.1. The van der Waals surface area contributed by atoms with Crippen LogP contribution in [0.2, 0.25) is 0 Å². The second kappa shape index (κ2) is 9.11. The van der Waals surface area contributed by atoms with E-state index < -0.39 is 4.92 Å². The zero-order valence-electron chi connectivity index (χ0n) is 15.1. The number of nitriles is 2. The Morgan fingerprint density at radius 1 is 1.19 bits per heavy atom. The topological polar surface area (TPSA) is 132 Å². The van der Waals surface area contributed by atoms with Crippen molar-refractivity contribution in [3.8, 4) is 12.1 Å². The Kier molecular flexibility index (Phi) is 6.61. The van der Waals surface area contributed by atoms with Crippen LogP contribution in [-0.2, 0) is 0 Å². The zero-order chi connectivity index (χ0) is 19.8. The molecule has 0 aliphatic carbocycles. The van der Waals surface area contributed by atoms with Crippen LogP contribution in [0, 0.1) is 46.6 Å². The van der Waals surface area contributed by atoms with E-state index in [0.717, 1.165) is 11.1 Å². The van der Waals surface area contributed by atoms with E-state index in [1.807, 2.05) is 44.2 Å². The van der Waals surface area contributed by atoms with E-state index in [-0.39, 0.29) is 43.3 Å². The molecule has 0 unspecified atom stereocenters. The fourth-order valence-corrected chi connectivity index (χ4v) is 2.55. The first-order chi connectivity index (χ1) is 13.0. The molecule has 0 saturated heterocycles. The second-order valence-corrected chi connectivity index (χ2v) is 5.90. The Morgan fingerprint density at radius 2 is 1.85 bits per heavy atom. The molecule has 1 aromatic carbocycles. The van der Waals surface area contributed by atoms with Crippen LogP contribution in [0.1, 0.15) is 24.0 Å². The quantitative estimate of drug-likeness (QED) is 0.556. The van der Waals surface area contributed by atoms with E-state index >= 15 is 0 Å². The second-order valence-electron chi connectivity index (χ2n) is 5.90. The fourth-order valence-electron chi connectivity index (χ4n) is 2.55. The van der Waals surface area contributed by atoms with Gasteiger partial charge >= 0.3 is 5.69 Å². The summed E-state index contributed by atoms with van der Waals surface area (Å²) in [6, 6.07) is 9.76. The maximum Gasteiger partial charge on any atom is 0.353 e. The van der Waals surface area contributed by atoms with E-state index in [1.54, 1.807) is 4.90 Å². The summed E-state index contributed by atoms with van der Waals surface area (Å²) in [6.07, 6.45) is 1.56. The van der Waals surface area contributed by atoms with Crippen molar-refractivity contribution < 1.29 is 4.92 Å². The summed E-state index contributed by atoms with van der Waals surface area (Å²) in [7, 11) is 0. The molecule has 1 aromatic heterocycles. The average molecular weight is 365 g/mol. The molecule has 27 heavy (non-hydrogen) atoms. The summed E-state index contributed by atoms with van der Waals surface area (Å²) in [5, 5.41) is 32.5. The maximum absolute atomic E-state index is 11.8. The summed E-state index contributed by atoms with van der Waals surface area (Å²) in [6.45, 7) is 4.29. The van der Waals surface area contributed by atoms with E-state index in [9.17, 15) is 10.1 Å². The van der Waals surface area contributed by atoms with Gasteiger partial charge in [0.2, 0.25) is 11.6 Å². The lowest BCUT2D eigenvalue weighted by atomic mass is 10.1. The van der Waals surface area contributed by atoms with Crippen molar-refractivity contribution in [1.82, 2.24) is 9.97 Å². The molecule has 0 spiro atoms. The summed E-state index contributed by atoms with van der Waals surface area (Å²) in [5.41, 5.74) is 2.35. The minimum absolute atomic E-state index is 0.0672. The monoisotopic (exact) mass is 365 g/mol. The van der Waals surface area contributed by atoms with Gasteiger partial charge in [0.05, 0.1) is 29.9 Å². The van der Waals surface area contributed by atoms with Crippen molar-refractivity contribution >= 4 is 23.0 Å². The number of benzene rings is 1. The number of hydrogen-bond donors (Lipinski definition) is 1. The number of rotatable bonds is 8. The molecule has 1 heterocycles.